The van der Waals surface area contributed by atoms with E-state index in [1.165, 1.54) is 4.68 Å². The highest BCUT2D eigenvalue weighted by Gasteiger charge is 2.14. The molecule has 0 aromatic carbocycles. The second-order valence-electron chi connectivity index (χ2n) is 5.86. The smallest absolute Gasteiger partial charge is 0.283 e. The Morgan fingerprint density at radius 3 is 2.67 bits per heavy atom. The van der Waals surface area contributed by atoms with Crippen molar-refractivity contribution in [1.82, 2.24) is 14.7 Å². The van der Waals surface area contributed by atoms with Crippen molar-refractivity contribution in [1.29, 1.82) is 0 Å². The molecule has 0 saturated carbocycles. The van der Waals surface area contributed by atoms with Gasteiger partial charge in [0.05, 0.1) is 25.0 Å². The second kappa shape index (κ2) is 8.51. The first kappa shape index (κ1) is 18.1. The van der Waals surface area contributed by atoms with Gasteiger partial charge in [0.2, 0.25) is 0 Å². The minimum absolute atomic E-state index is 0.0222. The summed E-state index contributed by atoms with van der Waals surface area (Å²) in [6.07, 6.45) is 2.46. The predicted octanol–water partition coefficient (Wildman–Crippen LogP) is 1.39. The zero-order chi connectivity index (χ0) is 16.0. The van der Waals surface area contributed by atoms with Gasteiger partial charge in [-0.3, -0.25) is 4.79 Å². The minimum Gasteiger partial charge on any atom is -0.394 e. The molecule has 0 fully saturated rings. The van der Waals surface area contributed by atoms with E-state index >= 15 is 0 Å². The van der Waals surface area contributed by atoms with E-state index in [2.05, 4.69) is 40.2 Å². The van der Waals surface area contributed by atoms with Crippen molar-refractivity contribution in [2.24, 2.45) is 5.92 Å². The van der Waals surface area contributed by atoms with Crippen molar-refractivity contribution >= 4 is 21.6 Å². The Hall–Kier alpha value is -0.920. The Morgan fingerprint density at radius 2 is 2.14 bits per heavy atom. The number of halogens is 1. The molecule has 0 radical (unpaired) electrons. The van der Waals surface area contributed by atoms with Gasteiger partial charge in [0.1, 0.15) is 4.47 Å². The number of rotatable bonds is 8. The number of aromatic nitrogens is 2. The normalized spacial score (nSPS) is 13.0. The van der Waals surface area contributed by atoms with Gasteiger partial charge < -0.3 is 15.3 Å². The summed E-state index contributed by atoms with van der Waals surface area (Å²) in [7, 11) is 3.90. The lowest BCUT2D eigenvalue weighted by Gasteiger charge is -2.20. The van der Waals surface area contributed by atoms with E-state index in [4.69, 9.17) is 0 Å². The van der Waals surface area contributed by atoms with Crippen LogP contribution in [0.25, 0.3) is 0 Å². The number of nitrogens with zero attached hydrogens (tertiary/aromatic N) is 3. The van der Waals surface area contributed by atoms with Crippen LogP contribution in [0.3, 0.4) is 0 Å². The van der Waals surface area contributed by atoms with Crippen LogP contribution in [-0.4, -0.2) is 53.1 Å². The summed E-state index contributed by atoms with van der Waals surface area (Å²) in [4.78, 5) is 14.2. The second-order valence-corrected chi connectivity index (χ2v) is 6.65. The largest absolute Gasteiger partial charge is 0.394 e. The van der Waals surface area contributed by atoms with Crippen LogP contribution in [0, 0.1) is 5.92 Å². The maximum Gasteiger partial charge on any atom is 0.283 e. The fourth-order valence-corrected chi connectivity index (χ4v) is 2.41. The number of anilines is 1. The average molecular weight is 361 g/mol. The predicted molar refractivity (Wildman–Crippen MR) is 88.7 cm³/mol. The highest BCUT2D eigenvalue weighted by molar-refractivity contribution is 9.10. The molecule has 1 unspecified atom stereocenters. The fraction of sp³-hybridized carbons (Fsp3) is 0.714. The highest BCUT2D eigenvalue weighted by Crippen LogP contribution is 2.19. The molecular weight excluding hydrogens is 336 g/mol. The standard InChI is InChI=1S/C14H25BrN4O2/c1-10(2)7-11(9-20)17-12-8-16-19(6-5-18(3)4)14(21)13(12)15/h8,10-11,17,20H,5-7,9H2,1-4H3. The number of aliphatic hydroxyl groups excluding tert-OH is 1. The summed E-state index contributed by atoms with van der Waals surface area (Å²) in [6, 6.07) is -0.0832. The lowest BCUT2D eigenvalue weighted by atomic mass is 10.0. The van der Waals surface area contributed by atoms with Gasteiger partial charge in [0, 0.05) is 12.6 Å². The summed E-state index contributed by atoms with van der Waals surface area (Å²) >= 11 is 3.33. The topological polar surface area (TPSA) is 70.4 Å². The van der Waals surface area contributed by atoms with E-state index in [1.807, 2.05) is 19.0 Å². The molecule has 0 bridgehead atoms. The maximum absolute atomic E-state index is 12.2. The number of hydrogen-bond donors (Lipinski definition) is 2. The molecule has 1 rings (SSSR count). The van der Waals surface area contributed by atoms with Crippen molar-refractivity contribution in [2.75, 3.05) is 32.6 Å². The Bertz CT molecular complexity index is 502. The van der Waals surface area contributed by atoms with Crippen LogP contribution in [0.4, 0.5) is 5.69 Å². The van der Waals surface area contributed by atoms with Crippen molar-refractivity contribution in [3.63, 3.8) is 0 Å². The third-order valence-corrected chi connectivity index (χ3v) is 3.85. The molecule has 21 heavy (non-hydrogen) atoms. The third-order valence-electron chi connectivity index (χ3n) is 3.08. The van der Waals surface area contributed by atoms with E-state index in [0.29, 0.717) is 22.6 Å². The molecular formula is C14H25BrN4O2. The average Bonchev–Trinajstić information content (AvgIpc) is 2.41. The molecule has 2 N–H and O–H groups in total. The number of aliphatic hydroxyl groups is 1. The van der Waals surface area contributed by atoms with Gasteiger partial charge in [-0.2, -0.15) is 5.10 Å². The van der Waals surface area contributed by atoms with E-state index in [1.54, 1.807) is 6.20 Å². The molecule has 0 spiro atoms. The van der Waals surface area contributed by atoms with Crippen LogP contribution in [0.2, 0.25) is 0 Å². The summed E-state index contributed by atoms with van der Waals surface area (Å²) in [5.74, 6) is 0.460. The van der Waals surface area contributed by atoms with Crippen LogP contribution in [0.1, 0.15) is 20.3 Å². The Labute approximate surface area is 134 Å². The van der Waals surface area contributed by atoms with E-state index in [-0.39, 0.29) is 18.2 Å². The molecule has 1 heterocycles. The first-order chi connectivity index (χ1) is 9.85. The van der Waals surface area contributed by atoms with E-state index < -0.39 is 0 Å². The summed E-state index contributed by atoms with van der Waals surface area (Å²) in [6.45, 7) is 5.50. The maximum atomic E-state index is 12.2. The molecule has 0 amide bonds. The van der Waals surface area contributed by atoms with Crippen LogP contribution < -0.4 is 10.9 Å². The molecule has 0 aliphatic heterocycles. The van der Waals surface area contributed by atoms with Gasteiger partial charge in [0.25, 0.3) is 5.56 Å². The van der Waals surface area contributed by atoms with Crippen LogP contribution >= 0.6 is 15.9 Å². The Kier molecular flexibility index (Phi) is 7.34. The molecule has 7 heteroatoms. The molecule has 120 valence electrons. The number of likely N-dealkylation sites (N-methyl/N-ethyl adjacent to an activating group) is 1. The minimum atomic E-state index is -0.164. The van der Waals surface area contributed by atoms with Crippen molar-refractivity contribution in [3.05, 3.63) is 21.0 Å². The van der Waals surface area contributed by atoms with Crippen molar-refractivity contribution in [2.45, 2.75) is 32.9 Å². The highest BCUT2D eigenvalue weighted by atomic mass is 79.9. The van der Waals surface area contributed by atoms with Gasteiger partial charge in [0.15, 0.2) is 0 Å². The molecule has 6 nitrogen and oxygen atoms in total. The zero-order valence-electron chi connectivity index (χ0n) is 13.1. The quantitative estimate of drug-likeness (QED) is 0.732. The van der Waals surface area contributed by atoms with Gasteiger partial charge in [-0.25, -0.2) is 4.68 Å². The summed E-state index contributed by atoms with van der Waals surface area (Å²) in [5.41, 5.74) is 0.462. The van der Waals surface area contributed by atoms with Gasteiger partial charge >= 0.3 is 0 Å². The van der Waals surface area contributed by atoms with Crippen LogP contribution in [-0.2, 0) is 6.54 Å². The molecule has 1 aromatic rings. The van der Waals surface area contributed by atoms with Gasteiger partial charge in [-0.05, 0) is 42.4 Å². The lowest BCUT2D eigenvalue weighted by Crippen LogP contribution is -2.31. The lowest BCUT2D eigenvalue weighted by molar-refractivity contribution is 0.259. The molecule has 0 aliphatic carbocycles. The summed E-state index contributed by atoms with van der Waals surface area (Å²) in [5, 5.41) is 16.8. The SMILES string of the molecule is CC(C)CC(CO)Nc1cnn(CCN(C)C)c(=O)c1Br. The first-order valence-corrected chi connectivity index (χ1v) is 7.92. The molecule has 1 atom stereocenters. The van der Waals surface area contributed by atoms with Crippen LogP contribution in [0.15, 0.2) is 15.5 Å². The first-order valence-electron chi connectivity index (χ1n) is 7.12. The molecule has 0 saturated heterocycles. The molecule has 0 aliphatic rings. The fourth-order valence-electron chi connectivity index (χ4n) is 1.99. The van der Waals surface area contributed by atoms with E-state index in [9.17, 15) is 9.90 Å². The number of hydrogen-bond acceptors (Lipinski definition) is 5. The Balaban J connectivity index is 2.85. The monoisotopic (exact) mass is 360 g/mol. The summed E-state index contributed by atoms with van der Waals surface area (Å²) < 4.78 is 1.89. The van der Waals surface area contributed by atoms with Crippen molar-refractivity contribution < 1.29 is 5.11 Å². The third kappa shape index (κ3) is 5.76. The Morgan fingerprint density at radius 1 is 1.48 bits per heavy atom. The zero-order valence-corrected chi connectivity index (χ0v) is 14.7. The van der Waals surface area contributed by atoms with Crippen molar-refractivity contribution in [3.8, 4) is 0 Å². The van der Waals surface area contributed by atoms with E-state index in [0.717, 1.165) is 13.0 Å². The van der Waals surface area contributed by atoms with Gasteiger partial charge in [-0.15, -0.1) is 0 Å². The molecule has 1 aromatic heterocycles. The number of nitrogens with one attached hydrogen (secondary N) is 1. The van der Waals surface area contributed by atoms with Crippen LogP contribution in [0.5, 0.6) is 0 Å². The van der Waals surface area contributed by atoms with Gasteiger partial charge in [-0.1, -0.05) is 13.8 Å².